The van der Waals surface area contributed by atoms with E-state index in [0.29, 0.717) is 16.7 Å². The van der Waals surface area contributed by atoms with Crippen molar-refractivity contribution in [2.75, 3.05) is 39.3 Å². The molecule has 434 valence electrons. The van der Waals surface area contributed by atoms with Gasteiger partial charge in [0.15, 0.2) is 16.8 Å². The molecule has 77 heavy (non-hydrogen) atoms. The van der Waals surface area contributed by atoms with Crippen molar-refractivity contribution in [1.29, 1.82) is 0 Å². The van der Waals surface area contributed by atoms with Crippen LogP contribution in [0.4, 0.5) is 49.1 Å². The van der Waals surface area contributed by atoms with E-state index in [0.717, 1.165) is 9.80 Å². The number of alkyl halides is 9. The normalized spacial score (nSPS) is 20.2. The lowest BCUT2D eigenvalue weighted by molar-refractivity contribution is -0.253. The van der Waals surface area contributed by atoms with Crippen molar-refractivity contribution < 1.29 is 93.4 Å². The second kappa shape index (κ2) is 27.6. The molecule has 3 aliphatic rings. The van der Waals surface area contributed by atoms with Gasteiger partial charge in [0.25, 0.3) is 11.8 Å². The highest BCUT2D eigenvalue weighted by atomic mass is 35.5. The largest absolute Gasteiger partial charge is 0.477 e. The van der Waals surface area contributed by atoms with Gasteiger partial charge in [-0.25, -0.2) is 19.4 Å². The average Bonchev–Trinajstić information content (AvgIpc) is 4.06. The van der Waals surface area contributed by atoms with Crippen LogP contribution in [0.15, 0.2) is 55.0 Å². The van der Waals surface area contributed by atoms with E-state index in [2.05, 4.69) is 30.9 Å². The van der Waals surface area contributed by atoms with Crippen molar-refractivity contribution in [1.82, 2.24) is 40.7 Å². The molecule has 6 heterocycles. The highest BCUT2D eigenvalue weighted by Crippen LogP contribution is 2.39. The number of aromatic nitrogens is 3. The van der Waals surface area contributed by atoms with Crippen LogP contribution in [0.5, 0.6) is 0 Å². The third-order valence-electron chi connectivity index (χ3n) is 10.8. The molecular weight excluding hydrogens is 1100 g/mol. The standard InChI is InChI=1S/C17H22F3N3O4.C12H14F3N3O2.C12H16N2O4.C5H8F3NO.2ClH/c1-15(2,3)27-14(25)22-9-11-4-6-21-12(8-11)13(24)23-7-5-16(26,10-23)17(18,19)20;13-12(14,15)11(20)2-4-18(7-11)10(19)9-5-8(6-16)1-3-17-9;1-12(2,3)18-11(17)14-7-8-4-5-13-9(6-8)10(15)16;6-5(7,8)4(10)1-2-9-3-4;;/h4,6,8,26H,5,7,9-10H2,1-3H3,(H,22,25);1,3,5,20H,2,4,6-7,16H2;4-6H,7H2,1-3H3,(H,14,17)(H,15,16);9-10H,1-3H2;2*1H. The number of ether oxygens (including phenoxy) is 2. The lowest BCUT2D eigenvalue weighted by Crippen LogP contribution is -2.48. The van der Waals surface area contributed by atoms with E-state index >= 15 is 0 Å². The van der Waals surface area contributed by atoms with E-state index in [1.807, 2.05) is 0 Å². The second-order valence-electron chi connectivity index (χ2n) is 19.3. The minimum Gasteiger partial charge on any atom is -0.477 e. The molecule has 3 fully saturated rings. The number of aliphatic hydroxyl groups is 3. The van der Waals surface area contributed by atoms with E-state index in [4.69, 9.17) is 25.4 Å². The zero-order valence-electron chi connectivity index (χ0n) is 42.4. The van der Waals surface area contributed by atoms with E-state index in [1.165, 1.54) is 36.8 Å². The molecule has 0 saturated carbocycles. The summed E-state index contributed by atoms with van der Waals surface area (Å²) < 4.78 is 122. The summed E-state index contributed by atoms with van der Waals surface area (Å²) in [6, 6.07) is 9.03. The van der Waals surface area contributed by atoms with Gasteiger partial charge in [0.1, 0.15) is 28.3 Å². The predicted octanol–water partition coefficient (Wildman–Crippen LogP) is 5.85. The van der Waals surface area contributed by atoms with E-state index in [9.17, 15) is 73.7 Å². The van der Waals surface area contributed by atoms with E-state index in [-0.39, 0.29) is 94.1 Å². The molecule has 3 saturated heterocycles. The first-order chi connectivity index (χ1) is 34.3. The minimum atomic E-state index is -4.81. The number of rotatable bonds is 8. The van der Waals surface area contributed by atoms with Crippen LogP contribution in [-0.4, -0.2) is 161 Å². The van der Waals surface area contributed by atoms with Crippen molar-refractivity contribution in [3.63, 3.8) is 0 Å². The number of hydrogen-bond acceptors (Lipinski definition) is 15. The number of carbonyl (C=O) groups excluding carboxylic acids is 4. The molecule has 9 N–H and O–H groups in total. The molecule has 6 rings (SSSR count). The summed E-state index contributed by atoms with van der Waals surface area (Å²) in [6.07, 6.45) is -12.5. The Hall–Kier alpha value is -5.85. The Morgan fingerprint density at radius 1 is 0.610 bits per heavy atom. The van der Waals surface area contributed by atoms with Crippen molar-refractivity contribution in [3.05, 3.63) is 88.8 Å². The number of carboxylic acid groups (broad SMARTS) is 1. The Balaban J connectivity index is 0.000000532. The molecule has 3 aromatic heterocycles. The fraction of sp³-hybridized carbons (Fsp3) is 0.565. The third kappa shape index (κ3) is 21.1. The molecule has 3 aromatic rings. The van der Waals surface area contributed by atoms with Gasteiger partial charge in [-0.05, 0) is 108 Å². The van der Waals surface area contributed by atoms with E-state index in [1.54, 1.807) is 59.7 Å². The fourth-order valence-corrected chi connectivity index (χ4v) is 6.74. The van der Waals surface area contributed by atoms with Crippen LogP contribution in [0, 0.1) is 0 Å². The first-order valence-electron chi connectivity index (χ1n) is 22.7. The van der Waals surface area contributed by atoms with Crippen LogP contribution in [0.1, 0.15) is 109 Å². The number of carbonyl (C=O) groups is 5. The van der Waals surface area contributed by atoms with Gasteiger partial charge in [-0.3, -0.25) is 19.6 Å². The lowest BCUT2D eigenvalue weighted by atomic mass is 10.0. The summed E-state index contributed by atoms with van der Waals surface area (Å²) in [4.78, 5) is 71.5. The SMILES string of the molecule is CC(C)(C)OC(=O)NCc1ccnc(C(=O)N2CCC(O)(C(F)(F)F)C2)c1.CC(C)(C)OC(=O)NCc1ccnc(C(=O)O)c1.Cl.Cl.NCc1ccnc(C(=O)N2CCC(O)(C(F)(F)F)C2)c1.OC1(C(F)(F)F)CCNC1. The Morgan fingerprint density at radius 2 is 0.961 bits per heavy atom. The number of halogens is 11. The van der Waals surface area contributed by atoms with Crippen molar-refractivity contribution in [3.8, 4) is 0 Å². The number of β-amino-alcohol motifs (C(OH)–C–C–N with tert-alkyl or cyclic N) is 3. The summed E-state index contributed by atoms with van der Waals surface area (Å²) in [5, 5.41) is 44.3. The van der Waals surface area contributed by atoms with Crippen LogP contribution in [0.25, 0.3) is 0 Å². The number of nitrogens with two attached hydrogens (primary N) is 1. The highest BCUT2D eigenvalue weighted by molar-refractivity contribution is 5.93. The summed E-state index contributed by atoms with van der Waals surface area (Å²) in [7, 11) is 0. The number of carboxylic acids is 1. The number of nitrogens with zero attached hydrogens (tertiary/aromatic N) is 5. The third-order valence-corrected chi connectivity index (χ3v) is 10.8. The first-order valence-corrected chi connectivity index (χ1v) is 22.7. The van der Waals surface area contributed by atoms with Gasteiger partial charge in [0.2, 0.25) is 0 Å². The molecule has 3 unspecified atom stereocenters. The Kier molecular flexibility index (Phi) is 24.8. The maximum Gasteiger partial charge on any atom is 0.419 e. The topological polar surface area (TPSA) is 292 Å². The summed E-state index contributed by atoms with van der Waals surface area (Å²) >= 11 is 0. The van der Waals surface area contributed by atoms with Gasteiger partial charge in [-0.1, -0.05) is 0 Å². The van der Waals surface area contributed by atoms with Crippen LogP contribution < -0.4 is 21.7 Å². The van der Waals surface area contributed by atoms with Crippen molar-refractivity contribution >= 4 is 54.8 Å². The molecule has 31 heteroatoms. The number of hydrogen-bond donors (Lipinski definition) is 8. The molecular formula is C46H62Cl2F9N9O11. The van der Waals surface area contributed by atoms with Crippen LogP contribution in [0.3, 0.4) is 0 Å². The molecule has 20 nitrogen and oxygen atoms in total. The zero-order valence-corrected chi connectivity index (χ0v) is 44.0. The molecule has 0 radical (unpaired) electrons. The predicted molar refractivity (Wildman–Crippen MR) is 260 cm³/mol. The summed E-state index contributed by atoms with van der Waals surface area (Å²) in [6.45, 7) is 8.76. The van der Waals surface area contributed by atoms with Crippen LogP contribution >= 0.6 is 24.8 Å². The van der Waals surface area contributed by atoms with E-state index < -0.39 is 102 Å². The lowest BCUT2D eigenvalue weighted by Gasteiger charge is -2.25. The number of amides is 4. The van der Waals surface area contributed by atoms with Gasteiger partial charge in [-0.2, -0.15) is 39.5 Å². The quantitative estimate of drug-likeness (QED) is 0.123. The summed E-state index contributed by atoms with van der Waals surface area (Å²) in [5.41, 5.74) is -2.27. The number of aromatic carboxylic acids is 1. The molecule has 3 atom stereocenters. The number of nitrogens with one attached hydrogen (secondary N) is 3. The van der Waals surface area contributed by atoms with Crippen LogP contribution in [0.2, 0.25) is 0 Å². The van der Waals surface area contributed by atoms with Gasteiger partial charge in [0, 0.05) is 70.7 Å². The molecule has 4 amide bonds. The van der Waals surface area contributed by atoms with Crippen molar-refractivity contribution in [2.45, 2.75) is 127 Å². The monoisotopic (exact) mass is 1160 g/mol. The number of likely N-dealkylation sites (tertiary alicyclic amines) is 2. The van der Waals surface area contributed by atoms with Gasteiger partial charge in [0.05, 0.1) is 13.1 Å². The maximum absolute atomic E-state index is 12.9. The van der Waals surface area contributed by atoms with Gasteiger partial charge in [-0.15, -0.1) is 24.8 Å². The Morgan fingerprint density at radius 3 is 1.26 bits per heavy atom. The molecule has 0 spiro atoms. The second-order valence-corrected chi connectivity index (χ2v) is 19.3. The van der Waals surface area contributed by atoms with Gasteiger partial charge >= 0.3 is 36.7 Å². The minimum absolute atomic E-state index is 0. The molecule has 0 aromatic carbocycles. The van der Waals surface area contributed by atoms with Gasteiger partial charge < -0.3 is 61.4 Å². The highest BCUT2D eigenvalue weighted by Gasteiger charge is 2.59. The van der Waals surface area contributed by atoms with Crippen LogP contribution in [-0.2, 0) is 29.1 Å². The first kappa shape index (κ1) is 69.2. The molecule has 0 aliphatic carbocycles. The molecule has 0 bridgehead atoms. The Bertz CT molecular complexity index is 2460. The Labute approximate surface area is 448 Å². The number of alkyl carbamates (subject to hydrolysis) is 2. The smallest absolute Gasteiger partial charge is 0.419 e. The average molecular weight is 1160 g/mol. The molecule has 3 aliphatic heterocycles. The summed E-state index contributed by atoms with van der Waals surface area (Å²) in [5.74, 6) is -2.45. The zero-order chi connectivity index (χ0) is 57.0. The number of pyridine rings is 3. The van der Waals surface area contributed by atoms with Crippen molar-refractivity contribution in [2.24, 2.45) is 5.73 Å². The fourth-order valence-electron chi connectivity index (χ4n) is 6.74. The maximum atomic E-state index is 12.9.